The van der Waals surface area contributed by atoms with Crippen LogP contribution >= 0.6 is 11.8 Å². The zero-order valence-electron chi connectivity index (χ0n) is 10.9. The predicted molar refractivity (Wildman–Crippen MR) is 78.1 cm³/mol. The molecule has 0 aliphatic heterocycles. The average molecular weight is 252 g/mol. The smallest absolute Gasteiger partial charge is 0.0304 e. The van der Waals surface area contributed by atoms with Gasteiger partial charge in [-0.15, -0.1) is 0 Å². The molecule has 3 N–H and O–H groups in total. The van der Waals surface area contributed by atoms with Crippen LogP contribution in [0.15, 0.2) is 30.3 Å². The lowest BCUT2D eigenvalue weighted by atomic mass is 10.1. The molecule has 2 nitrogen and oxygen atoms in total. The normalized spacial score (nSPS) is 14.5. The maximum absolute atomic E-state index is 5.60. The maximum Gasteiger partial charge on any atom is 0.0304 e. The van der Waals surface area contributed by atoms with Gasteiger partial charge in [-0.2, -0.15) is 11.8 Å². The first-order valence-corrected chi connectivity index (χ1v) is 7.42. The van der Waals surface area contributed by atoms with E-state index in [2.05, 4.69) is 49.6 Å². The number of nitrogens with one attached hydrogen (secondary N) is 1. The van der Waals surface area contributed by atoms with Crippen molar-refractivity contribution in [1.29, 1.82) is 0 Å². The van der Waals surface area contributed by atoms with E-state index in [0.29, 0.717) is 6.04 Å². The summed E-state index contributed by atoms with van der Waals surface area (Å²) in [6.45, 7) is 4.50. The van der Waals surface area contributed by atoms with Gasteiger partial charge in [-0.25, -0.2) is 0 Å². The summed E-state index contributed by atoms with van der Waals surface area (Å²) < 4.78 is 0. The molecule has 1 aromatic rings. The van der Waals surface area contributed by atoms with Crippen molar-refractivity contribution in [2.45, 2.75) is 44.4 Å². The zero-order chi connectivity index (χ0) is 12.5. The van der Waals surface area contributed by atoms with Crippen LogP contribution in [-0.2, 0) is 6.42 Å². The lowest BCUT2D eigenvalue weighted by Gasteiger charge is -2.17. The summed E-state index contributed by atoms with van der Waals surface area (Å²) in [7, 11) is 0. The third-order valence-corrected chi connectivity index (χ3v) is 4.51. The van der Waals surface area contributed by atoms with Crippen molar-refractivity contribution in [1.82, 2.24) is 5.43 Å². The van der Waals surface area contributed by atoms with Crippen molar-refractivity contribution >= 4 is 11.8 Å². The Morgan fingerprint density at radius 3 is 2.59 bits per heavy atom. The van der Waals surface area contributed by atoms with Crippen molar-refractivity contribution in [3.63, 3.8) is 0 Å². The Hall–Kier alpha value is -0.510. The van der Waals surface area contributed by atoms with Crippen LogP contribution in [-0.4, -0.2) is 17.0 Å². The summed E-state index contributed by atoms with van der Waals surface area (Å²) >= 11 is 2.00. The summed E-state index contributed by atoms with van der Waals surface area (Å²) in [5.41, 5.74) is 4.32. The second kappa shape index (κ2) is 8.56. The molecule has 0 radical (unpaired) electrons. The zero-order valence-corrected chi connectivity index (χ0v) is 11.7. The van der Waals surface area contributed by atoms with E-state index in [9.17, 15) is 0 Å². The fraction of sp³-hybridized carbons (Fsp3) is 0.571. The standard InChI is InChI=1S/C14H24N2S/c1-3-12(2)17-11-14(16-15)10-9-13-7-5-4-6-8-13/h4-8,12,14,16H,3,9-11,15H2,1-2H3. The van der Waals surface area contributed by atoms with E-state index >= 15 is 0 Å². The van der Waals surface area contributed by atoms with Crippen LogP contribution in [0.1, 0.15) is 32.3 Å². The van der Waals surface area contributed by atoms with E-state index in [1.54, 1.807) is 0 Å². The van der Waals surface area contributed by atoms with Crippen LogP contribution in [0.2, 0.25) is 0 Å². The van der Waals surface area contributed by atoms with Crippen molar-refractivity contribution in [3.05, 3.63) is 35.9 Å². The van der Waals surface area contributed by atoms with Gasteiger partial charge >= 0.3 is 0 Å². The third-order valence-electron chi connectivity index (χ3n) is 3.02. The quantitative estimate of drug-likeness (QED) is 0.552. The molecule has 0 fully saturated rings. The van der Waals surface area contributed by atoms with Gasteiger partial charge in [0.05, 0.1) is 0 Å². The summed E-state index contributed by atoms with van der Waals surface area (Å²) in [5, 5.41) is 0.725. The molecule has 0 aliphatic rings. The molecule has 0 heterocycles. The molecule has 3 heteroatoms. The second-order valence-electron chi connectivity index (χ2n) is 4.44. The number of hydrogen-bond acceptors (Lipinski definition) is 3. The fourth-order valence-corrected chi connectivity index (χ4v) is 2.66. The molecule has 1 aromatic carbocycles. The fourth-order valence-electron chi connectivity index (χ4n) is 1.60. The van der Waals surface area contributed by atoms with Crippen LogP contribution in [0.25, 0.3) is 0 Å². The molecular formula is C14H24N2S. The predicted octanol–water partition coefficient (Wildman–Crippen LogP) is 2.98. The van der Waals surface area contributed by atoms with E-state index in [-0.39, 0.29) is 0 Å². The molecule has 0 amide bonds. The van der Waals surface area contributed by atoms with E-state index < -0.39 is 0 Å². The highest BCUT2D eigenvalue weighted by Gasteiger charge is 2.09. The van der Waals surface area contributed by atoms with Gasteiger partial charge in [0.1, 0.15) is 0 Å². The molecular weight excluding hydrogens is 228 g/mol. The van der Waals surface area contributed by atoms with Crippen LogP contribution < -0.4 is 11.3 Å². The van der Waals surface area contributed by atoms with Gasteiger partial charge in [-0.3, -0.25) is 11.3 Å². The van der Waals surface area contributed by atoms with Crippen molar-refractivity contribution < 1.29 is 0 Å². The highest BCUT2D eigenvalue weighted by molar-refractivity contribution is 7.99. The Morgan fingerprint density at radius 1 is 1.29 bits per heavy atom. The second-order valence-corrected chi connectivity index (χ2v) is 5.91. The molecule has 0 saturated carbocycles. The van der Waals surface area contributed by atoms with Gasteiger partial charge in [-0.1, -0.05) is 44.2 Å². The van der Waals surface area contributed by atoms with E-state index in [0.717, 1.165) is 23.8 Å². The van der Waals surface area contributed by atoms with Crippen molar-refractivity contribution in [2.24, 2.45) is 5.84 Å². The minimum atomic E-state index is 0.411. The van der Waals surface area contributed by atoms with Crippen LogP contribution in [0.3, 0.4) is 0 Å². The SMILES string of the molecule is CCC(C)SCC(CCc1ccccc1)NN. The van der Waals surface area contributed by atoms with E-state index in [1.165, 1.54) is 12.0 Å². The minimum absolute atomic E-state index is 0.411. The molecule has 2 unspecified atom stereocenters. The molecule has 1 rings (SSSR count). The molecule has 17 heavy (non-hydrogen) atoms. The van der Waals surface area contributed by atoms with Crippen molar-refractivity contribution in [3.8, 4) is 0 Å². The van der Waals surface area contributed by atoms with Crippen LogP contribution in [0.5, 0.6) is 0 Å². The van der Waals surface area contributed by atoms with Gasteiger partial charge in [0.2, 0.25) is 0 Å². The number of hydrazine groups is 1. The van der Waals surface area contributed by atoms with Crippen LogP contribution in [0.4, 0.5) is 0 Å². The van der Waals surface area contributed by atoms with Gasteiger partial charge in [-0.05, 0) is 24.8 Å². The molecule has 0 aliphatic carbocycles. The van der Waals surface area contributed by atoms with Gasteiger partial charge in [0, 0.05) is 17.0 Å². The molecule has 0 saturated heterocycles. The Labute approximate surface area is 109 Å². The van der Waals surface area contributed by atoms with E-state index in [1.807, 2.05) is 11.8 Å². The Balaban J connectivity index is 2.27. The monoisotopic (exact) mass is 252 g/mol. The highest BCUT2D eigenvalue weighted by Crippen LogP contribution is 2.16. The van der Waals surface area contributed by atoms with Crippen molar-refractivity contribution in [2.75, 3.05) is 5.75 Å². The lowest BCUT2D eigenvalue weighted by Crippen LogP contribution is -2.37. The largest absolute Gasteiger partial charge is 0.271 e. The number of rotatable bonds is 8. The molecule has 0 bridgehead atoms. The number of hydrogen-bond donors (Lipinski definition) is 2. The number of aryl methyl sites for hydroxylation is 1. The topological polar surface area (TPSA) is 38.0 Å². The first-order chi connectivity index (χ1) is 8.26. The van der Waals surface area contributed by atoms with Gasteiger partial charge in [0.25, 0.3) is 0 Å². The highest BCUT2D eigenvalue weighted by atomic mass is 32.2. The Kier molecular flexibility index (Phi) is 7.33. The number of thioether (sulfide) groups is 1. The first kappa shape index (κ1) is 14.6. The average Bonchev–Trinajstić information content (AvgIpc) is 2.39. The van der Waals surface area contributed by atoms with Gasteiger partial charge in [0.15, 0.2) is 0 Å². The van der Waals surface area contributed by atoms with Gasteiger partial charge < -0.3 is 0 Å². The molecule has 0 aromatic heterocycles. The van der Waals surface area contributed by atoms with E-state index in [4.69, 9.17) is 5.84 Å². The third kappa shape index (κ3) is 6.10. The lowest BCUT2D eigenvalue weighted by molar-refractivity contribution is 0.538. The molecule has 2 atom stereocenters. The Morgan fingerprint density at radius 2 is 2.00 bits per heavy atom. The van der Waals surface area contributed by atoms with Crippen LogP contribution in [0, 0.1) is 0 Å². The summed E-state index contributed by atoms with van der Waals surface area (Å²) in [4.78, 5) is 0. The minimum Gasteiger partial charge on any atom is -0.271 e. The number of benzene rings is 1. The summed E-state index contributed by atoms with van der Waals surface area (Å²) in [6.07, 6.45) is 3.42. The maximum atomic E-state index is 5.60. The summed E-state index contributed by atoms with van der Waals surface area (Å²) in [6, 6.07) is 11.0. The Bertz CT molecular complexity index is 290. The first-order valence-electron chi connectivity index (χ1n) is 6.38. The summed E-state index contributed by atoms with van der Waals surface area (Å²) in [5.74, 6) is 6.70. The number of nitrogens with two attached hydrogens (primary N) is 1. The molecule has 96 valence electrons. The molecule has 0 spiro atoms.